The van der Waals surface area contributed by atoms with Crippen LogP contribution in [0.3, 0.4) is 0 Å². The van der Waals surface area contributed by atoms with Crippen LogP contribution in [0.4, 0.5) is 5.69 Å². The van der Waals surface area contributed by atoms with Gasteiger partial charge in [0.1, 0.15) is 0 Å². The fourth-order valence-corrected chi connectivity index (χ4v) is 2.46. The van der Waals surface area contributed by atoms with Crippen LogP contribution < -0.4 is 10.6 Å². The van der Waals surface area contributed by atoms with E-state index in [9.17, 15) is 9.59 Å². The topological polar surface area (TPSA) is 74.3 Å². The number of rotatable bonds is 4. The Balaban J connectivity index is 1.78. The van der Waals surface area contributed by atoms with E-state index in [-0.39, 0.29) is 0 Å². The number of hydrogen-bond donors (Lipinski definition) is 2. The highest BCUT2D eigenvalue weighted by Crippen LogP contribution is 2.15. The van der Waals surface area contributed by atoms with Gasteiger partial charge in [-0.15, -0.1) is 0 Å². The predicted molar refractivity (Wildman–Crippen MR) is 76.1 cm³/mol. The fourth-order valence-electron chi connectivity index (χ4n) is 2.46. The van der Waals surface area contributed by atoms with Gasteiger partial charge in [-0.3, -0.25) is 19.5 Å². The van der Waals surface area contributed by atoms with Gasteiger partial charge in [-0.05, 0) is 38.1 Å². The van der Waals surface area contributed by atoms with Crippen LogP contribution in [0.25, 0.3) is 0 Å². The molecule has 0 bridgehead atoms. The molecule has 0 unspecified atom stereocenters. The van der Waals surface area contributed by atoms with Crippen LogP contribution in [0.2, 0.25) is 0 Å². The van der Waals surface area contributed by atoms with Crippen LogP contribution in [0.15, 0.2) is 24.5 Å². The first-order valence-electron chi connectivity index (χ1n) is 6.94. The van der Waals surface area contributed by atoms with Crippen molar-refractivity contribution in [1.82, 2.24) is 15.2 Å². The fraction of sp³-hybridized carbons (Fsp3) is 0.500. The number of nitrogens with zero attached hydrogens (tertiary/aromatic N) is 2. The molecule has 0 aromatic carbocycles. The van der Waals surface area contributed by atoms with Gasteiger partial charge in [0.15, 0.2) is 0 Å². The lowest BCUT2D eigenvalue weighted by Crippen LogP contribution is -2.43. The first kappa shape index (κ1) is 14.5. The first-order chi connectivity index (χ1) is 9.70. The zero-order valence-electron chi connectivity index (χ0n) is 11.6. The van der Waals surface area contributed by atoms with Crippen molar-refractivity contribution in [3.05, 3.63) is 24.5 Å². The van der Waals surface area contributed by atoms with E-state index in [1.165, 1.54) is 6.20 Å². The maximum Gasteiger partial charge on any atom is 0.313 e. The van der Waals surface area contributed by atoms with Gasteiger partial charge in [0.25, 0.3) is 0 Å². The van der Waals surface area contributed by atoms with E-state index in [4.69, 9.17) is 0 Å². The lowest BCUT2D eigenvalue weighted by Gasteiger charge is -2.22. The van der Waals surface area contributed by atoms with Gasteiger partial charge < -0.3 is 10.6 Å². The number of likely N-dealkylation sites (tertiary alicyclic amines) is 1. The highest BCUT2D eigenvalue weighted by atomic mass is 16.2. The predicted octanol–water partition coefficient (Wildman–Crippen LogP) is 0.621. The molecule has 1 atom stereocenters. The monoisotopic (exact) mass is 276 g/mol. The zero-order chi connectivity index (χ0) is 14.4. The smallest absolute Gasteiger partial charge is 0.313 e. The Morgan fingerprint density at radius 3 is 3.00 bits per heavy atom. The molecule has 20 heavy (non-hydrogen) atoms. The molecular formula is C14H20N4O2. The molecule has 0 radical (unpaired) electrons. The van der Waals surface area contributed by atoms with Gasteiger partial charge in [0.2, 0.25) is 0 Å². The van der Waals surface area contributed by atoms with Crippen LogP contribution in [0.5, 0.6) is 0 Å². The molecule has 0 spiro atoms. The summed E-state index contributed by atoms with van der Waals surface area (Å²) in [5, 5.41) is 5.21. The van der Waals surface area contributed by atoms with Gasteiger partial charge in [0, 0.05) is 18.8 Å². The quantitative estimate of drug-likeness (QED) is 0.791. The summed E-state index contributed by atoms with van der Waals surface area (Å²) in [6, 6.07) is 3.73. The Labute approximate surface area is 118 Å². The third-order valence-electron chi connectivity index (χ3n) is 3.53. The Bertz CT molecular complexity index is 464. The summed E-state index contributed by atoms with van der Waals surface area (Å²) >= 11 is 0. The van der Waals surface area contributed by atoms with Crippen molar-refractivity contribution >= 4 is 17.5 Å². The van der Waals surface area contributed by atoms with E-state index < -0.39 is 11.8 Å². The molecule has 2 amide bonds. The highest BCUT2D eigenvalue weighted by Gasteiger charge is 2.24. The average molecular weight is 276 g/mol. The molecule has 2 N–H and O–H groups in total. The van der Waals surface area contributed by atoms with E-state index in [1.807, 2.05) is 0 Å². The van der Waals surface area contributed by atoms with Gasteiger partial charge >= 0.3 is 11.8 Å². The zero-order valence-corrected chi connectivity index (χ0v) is 11.6. The number of amides is 2. The van der Waals surface area contributed by atoms with E-state index in [1.54, 1.807) is 18.3 Å². The van der Waals surface area contributed by atoms with Gasteiger partial charge in [-0.1, -0.05) is 6.92 Å². The van der Waals surface area contributed by atoms with Crippen molar-refractivity contribution in [1.29, 1.82) is 0 Å². The molecule has 1 aliphatic rings. The minimum Gasteiger partial charge on any atom is -0.346 e. The molecule has 0 saturated carbocycles. The highest BCUT2D eigenvalue weighted by molar-refractivity contribution is 6.39. The Hall–Kier alpha value is -1.95. The molecule has 1 aromatic rings. The van der Waals surface area contributed by atoms with Crippen LogP contribution in [0, 0.1) is 0 Å². The van der Waals surface area contributed by atoms with Crippen molar-refractivity contribution < 1.29 is 9.59 Å². The molecule has 1 saturated heterocycles. The maximum atomic E-state index is 11.7. The second-order valence-corrected chi connectivity index (χ2v) is 4.83. The Morgan fingerprint density at radius 2 is 2.30 bits per heavy atom. The van der Waals surface area contributed by atoms with Gasteiger partial charge in [-0.2, -0.15) is 0 Å². The van der Waals surface area contributed by atoms with Crippen molar-refractivity contribution in [2.75, 3.05) is 25.0 Å². The Morgan fingerprint density at radius 1 is 1.45 bits per heavy atom. The molecule has 6 nitrogen and oxygen atoms in total. The molecule has 108 valence electrons. The summed E-state index contributed by atoms with van der Waals surface area (Å²) in [6.45, 7) is 4.67. The summed E-state index contributed by atoms with van der Waals surface area (Å²) in [5.41, 5.74) is 0.517. The summed E-state index contributed by atoms with van der Waals surface area (Å²) < 4.78 is 0. The second-order valence-electron chi connectivity index (χ2n) is 4.83. The van der Waals surface area contributed by atoms with E-state index in [0.717, 1.165) is 25.9 Å². The number of carbonyl (C=O) groups is 2. The van der Waals surface area contributed by atoms with E-state index in [2.05, 4.69) is 27.4 Å². The molecule has 1 aromatic heterocycles. The lowest BCUT2D eigenvalue weighted by molar-refractivity contribution is -0.136. The molecular weight excluding hydrogens is 256 g/mol. The minimum atomic E-state index is -0.654. The molecule has 2 heterocycles. The summed E-state index contributed by atoms with van der Waals surface area (Å²) in [6.07, 6.45) is 5.32. The van der Waals surface area contributed by atoms with Crippen LogP contribution in [-0.2, 0) is 9.59 Å². The standard InChI is InChI=1S/C14H20N4O2/c1-2-18-8-4-6-12(18)10-16-13(19)14(20)17-11-5-3-7-15-9-11/h3,5,7,9,12H,2,4,6,8,10H2,1H3,(H,16,19)(H,17,20)/t12-/m0/s1. The molecule has 0 aliphatic carbocycles. The largest absolute Gasteiger partial charge is 0.346 e. The van der Waals surface area contributed by atoms with Crippen molar-refractivity contribution in [2.24, 2.45) is 0 Å². The second kappa shape index (κ2) is 7.00. The minimum absolute atomic E-state index is 0.343. The number of likely N-dealkylation sites (N-methyl/N-ethyl adjacent to an activating group) is 1. The SMILES string of the molecule is CCN1CCC[C@H]1CNC(=O)C(=O)Nc1cccnc1. The van der Waals surface area contributed by atoms with Crippen molar-refractivity contribution in [2.45, 2.75) is 25.8 Å². The average Bonchev–Trinajstić information content (AvgIpc) is 2.93. The number of nitrogens with one attached hydrogen (secondary N) is 2. The lowest BCUT2D eigenvalue weighted by atomic mass is 10.2. The number of anilines is 1. The third kappa shape index (κ3) is 3.77. The number of pyridine rings is 1. The molecule has 1 aliphatic heterocycles. The maximum absolute atomic E-state index is 11.7. The summed E-state index contributed by atoms with van der Waals surface area (Å²) in [7, 11) is 0. The van der Waals surface area contributed by atoms with Gasteiger partial charge in [-0.25, -0.2) is 0 Å². The number of carbonyl (C=O) groups excluding carboxylic acids is 2. The number of aromatic nitrogens is 1. The normalized spacial score (nSPS) is 18.8. The van der Waals surface area contributed by atoms with Crippen LogP contribution in [0.1, 0.15) is 19.8 Å². The number of hydrogen-bond acceptors (Lipinski definition) is 4. The first-order valence-corrected chi connectivity index (χ1v) is 6.94. The molecule has 1 fully saturated rings. The summed E-state index contributed by atoms with van der Waals surface area (Å²) in [4.78, 5) is 29.6. The molecule has 2 rings (SSSR count). The van der Waals surface area contributed by atoms with E-state index in [0.29, 0.717) is 18.3 Å². The van der Waals surface area contributed by atoms with Crippen LogP contribution in [-0.4, -0.2) is 47.4 Å². The van der Waals surface area contributed by atoms with E-state index >= 15 is 0 Å². The van der Waals surface area contributed by atoms with Crippen LogP contribution >= 0.6 is 0 Å². The Kier molecular flexibility index (Phi) is 5.06. The third-order valence-corrected chi connectivity index (χ3v) is 3.53. The van der Waals surface area contributed by atoms with Crippen molar-refractivity contribution in [3.63, 3.8) is 0 Å². The van der Waals surface area contributed by atoms with Gasteiger partial charge in [0.05, 0.1) is 11.9 Å². The molecule has 6 heteroatoms. The summed E-state index contributed by atoms with van der Waals surface area (Å²) in [5.74, 6) is -1.25. The van der Waals surface area contributed by atoms with Crippen molar-refractivity contribution in [3.8, 4) is 0 Å².